The van der Waals surface area contributed by atoms with Gasteiger partial charge < -0.3 is 14.4 Å². The van der Waals surface area contributed by atoms with Crippen molar-refractivity contribution in [3.8, 4) is 0 Å². The van der Waals surface area contributed by atoms with Gasteiger partial charge in [-0.2, -0.15) is 0 Å². The molecule has 0 fully saturated rings. The van der Waals surface area contributed by atoms with E-state index in [1.54, 1.807) is 11.5 Å². The van der Waals surface area contributed by atoms with Crippen LogP contribution in [0.25, 0.3) is 0 Å². The predicted octanol–water partition coefficient (Wildman–Crippen LogP) is 1.36. The van der Waals surface area contributed by atoms with Crippen LogP contribution in [0.1, 0.15) is 32.5 Å². The maximum atomic E-state index is 11.4. The standard InChI is InChI=1S/C12H19N3O4S/c1-3-5-9-13-14-12(20-8-10(16)17)15(9)7-6-11(18)19-4-2/h3-8H2,1-2H3,(H,16,17). The minimum absolute atomic E-state index is 0.0797. The maximum absolute atomic E-state index is 11.4. The number of thioether (sulfide) groups is 1. The summed E-state index contributed by atoms with van der Waals surface area (Å²) in [5.41, 5.74) is 0. The zero-order valence-electron chi connectivity index (χ0n) is 11.7. The monoisotopic (exact) mass is 301 g/mol. The number of carboxylic acids is 1. The van der Waals surface area contributed by atoms with Gasteiger partial charge in [-0.25, -0.2) is 0 Å². The summed E-state index contributed by atoms with van der Waals surface area (Å²) < 4.78 is 6.68. The number of aromatic nitrogens is 3. The van der Waals surface area contributed by atoms with Crippen LogP contribution in [0.5, 0.6) is 0 Å². The quantitative estimate of drug-likeness (QED) is 0.543. The van der Waals surface area contributed by atoms with Gasteiger partial charge in [0, 0.05) is 13.0 Å². The third-order valence-electron chi connectivity index (χ3n) is 2.44. The second-order valence-electron chi connectivity index (χ2n) is 4.04. The van der Waals surface area contributed by atoms with Gasteiger partial charge in [-0.1, -0.05) is 18.7 Å². The number of aliphatic carboxylic acids is 1. The van der Waals surface area contributed by atoms with Crippen molar-refractivity contribution < 1.29 is 19.4 Å². The molecule has 0 amide bonds. The number of hydrogen-bond acceptors (Lipinski definition) is 6. The molecule has 0 aliphatic heterocycles. The molecule has 1 rings (SSSR count). The fraction of sp³-hybridized carbons (Fsp3) is 0.667. The number of carbonyl (C=O) groups excluding carboxylic acids is 1. The molecule has 0 aromatic carbocycles. The van der Waals surface area contributed by atoms with Crippen molar-refractivity contribution in [2.45, 2.75) is 44.8 Å². The van der Waals surface area contributed by atoms with Crippen molar-refractivity contribution in [3.05, 3.63) is 5.82 Å². The first-order chi connectivity index (χ1) is 9.58. The lowest BCUT2D eigenvalue weighted by atomic mass is 10.3. The van der Waals surface area contributed by atoms with Gasteiger partial charge >= 0.3 is 11.9 Å². The molecule has 0 atom stereocenters. The molecule has 1 heterocycles. The summed E-state index contributed by atoms with van der Waals surface area (Å²) >= 11 is 1.10. The van der Waals surface area contributed by atoms with E-state index in [0.29, 0.717) is 18.3 Å². The van der Waals surface area contributed by atoms with Crippen molar-refractivity contribution in [2.75, 3.05) is 12.4 Å². The Labute approximate surface area is 121 Å². The zero-order valence-corrected chi connectivity index (χ0v) is 12.5. The summed E-state index contributed by atoms with van der Waals surface area (Å²) in [7, 11) is 0. The van der Waals surface area contributed by atoms with Crippen LogP contribution < -0.4 is 0 Å². The Morgan fingerprint density at radius 1 is 1.35 bits per heavy atom. The lowest BCUT2D eigenvalue weighted by molar-refractivity contribution is -0.143. The van der Waals surface area contributed by atoms with E-state index in [-0.39, 0.29) is 18.1 Å². The number of aryl methyl sites for hydroxylation is 1. The first-order valence-electron chi connectivity index (χ1n) is 6.50. The molecule has 0 bridgehead atoms. The largest absolute Gasteiger partial charge is 0.481 e. The van der Waals surface area contributed by atoms with E-state index in [4.69, 9.17) is 9.84 Å². The molecule has 0 spiro atoms. The Balaban J connectivity index is 2.74. The van der Waals surface area contributed by atoms with Crippen LogP contribution in [0.3, 0.4) is 0 Å². The van der Waals surface area contributed by atoms with Crippen molar-refractivity contribution in [1.82, 2.24) is 14.8 Å². The molecule has 7 nitrogen and oxygen atoms in total. The second-order valence-corrected chi connectivity index (χ2v) is 4.98. The fourth-order valence-corrected chi connectivity index (χ4v) is 2.33. The van der Waals surface area contributed by atoms with E-state index in [0.717, 1.165) is 30.4 Å². The SMILES string of the molecule is CCCc1nnc(SCC(=O)O)n1CCC(=O)OCC. The number of carboxylic acid groups (broad SMARTS) is 1. The Hall–Kier alpha value is -1.57. The smallest absolute Gasteiger partial charge is 0.313 e. The van der Waals surface area contributed by atoms with Gasteiger partial charge in [0.2, 0.25) is 0 Å². The van der Waals surface area contributed by atoms with Crippen LogP contribution in [-0.2, 0) is 27.3 Å². The molecule has 1 N–H and O–H groups in total. The van der Waals surface area contributed by atoms with E-state index < -0.39 is 5.97 Å². The number of carbonyl (C=O) groups is 2. The third kappa shape index (κ3) is 5.20. The lowest BCUT2D eigenvalue weighted by Gasteiger charge is -2.08. The van der Waals surface area contributed by atoms with Crippen LogP contribution in [0, 0.1) is 0 Å². The van der Waals surface area contributed by atoms with Gasteiger partial charge in [0.25, 0.3) is 0 Å². The van der Waals surface area contributed by atoms with Crippen LogP contribution in [0.4, 0.5) is 0 Å². The molecule has 8 heteroatoms. The Morgan fingerprint density at radius 3 is 2.70 bits per heavy atom. The average molecular weight is 301 g/mol. The van der Waals surface area contributed by atoms with Crippen molar-refractivity contribution in [1.29, 1.82) is 0 Å². The fourth-order valence-electron chi connectivity index (χ4n) is 1.62. The molecular formula is C12H19N3O4S. The first kappa shape index (κ1) is 16.5. The van der Waals surface area contributed by atoms with E-state index in [9.17, 15) is 9.59 Å². The van der Waals surface area contributed by atoms with Crippen molar-refractivity contribution >= 4 is 23.7 Å². The zero-order chi connectivity index (χ0) is 15.0. The van der Waals surface area contributed by atoms with E-state index in [1.165, 1.54) is 0 Å². The van der Waals surface area contributed by atoms with Gasteiger partial charge in [-0.3, -0.25) is 9.59 Å². The van der Waals surface area contributed by atoms with Crippen LogP contribution in [-0.4, -0.2) is 44.2 Å². The topological polar surface area (TPSA) is 94.3 Å². The molecule has 0 saturated heterocycles. The number of esters is 1. The highest BCUT2D eigenvalue weighted by Crippen LogP contribution is 2.18. The van der Waals surface area contributed by atoms with Gasteiger partial charge in [0.15, 0.2) is 5.16 Å². The maximum Gasteiger partial charge on any atom is 0.313 e. The highest BCUT2D eigenvalue weighted by Gasteiger charge is 2.14. The first-order valence-corrected chi connectivity index (χ1v) is 7.49. The molecule has 0 radical (unpaired) electrons. The van der Waals surface area contributed by atoms with E-state index in [1.807, 2.05) is 6.92 Å². The van der Waals surface area contributed by atoms with E-state index in [2.05, 4.69) is 10.2 Å². The molecule has 0 saturated carbocycles. The minimum Gasteiger partial charge on any atom is -0.481 e. The van der Waals surface area contributed by atoms with Gasteiger partial charge in [-0.15, -0.1) is 10.2 Å². The molecule has 0 aliphatic carbocycles. The minimum atomic E-state index is -0.910. The molecule has 112 valence electrons. The summed E-state index contributed by atoms with van der Waals surface area (Å²) in [5.74, 6) is -0.501. The highest BCUT2D eigenvalue weighted by atomic mass is 32.2. The number of nitrogens with zero attached hydrogens (tertiary/aromatic N) is 3. The Morgan fingerprint density at radius 2 is 2.10 bits per heavy atom. The number of hydrogen-bond donors (Lipinski definition) is 1. The molecule has 20 heavy (non-hydrogen) atoms. The lowest BCUT2D eigenvalue weighted by Crippen LogP contribution is -2.12. The Bertz CT molecular complexity index is 462. The molecule has 0 unspecified atom stereocenters. The molecule has 1 aromatic rings. The van der Waals surface area contributed by atoms with E-state index >= 15 is 0 Å². The van der Waals surface area contributed by atoms with Crippen LogP contribution in [0.2, 0.25) is 0 Å². The molecular weight excluding hydrogens is 282 g/mol. The summed E-state index contributed by atoms with van der Waals surface area (Å²) in [6.45, 7) is 4.54. The highest BCUT2D eigenvalue weighted by molar-refractivity contribution is 7.99. The number of rotatable bonds is 9. The summed E-state index contributed by atoms with van der Waals surface area (Å²) in [5, 5.41) is 17.3. The van der Waals surface area contributed by atoms with Gasteiger partial charge in [0.05, 0.1) is 18.8 Å². The third-order valence-corrected chi connectivity index (χ3v) is 3.39. The summed E-state index contributed by atoms with van der Waals surface area (Å²) in [6, 6.07) is 0. The number of ether oxygens (including phenoxy) is 1. The summed E-state index contributed by atoms with van der Waals surface area (Å²) in [6.07, 6.45) is 1.87. The average Bonchev–Trinajstić information content (AvgIpc) is 2.77. The normalized spacial score (nSPS) is 10.5. The van der Waals surface area contributed by atoms with Crippen LogP contribution >= 0.6 is 11.8 Å². The molecule has 1 aromatic heterocycles. The van der Waals surface area contributed by atoms with Gasteiger partial charge in [-0.05, 0) is 13.3 Å². The molecule has 0 aliphatic rings. The summed E-state index contributed by atoms with van der Waals surface area (Å²) in [4.78, 5) is 22.0. The van der Waals surface area contributed by atoms with Crippen molar-refractivity contribution in [2.24, 2.45) is 0 Å². The van der Waals surface area contributed by atoms with Gasteiger partial charge in [0.1, 0.15) is 5.82 Å². The van der Waals surface area contributed by atoms with Crippen molar-refractivity contribution in [3.63, 3.8) is 0 Å². The predicted molar refractivity (Wildman–Crippen MR) is 73.6 cm³/mol. The van der Waals surface area contributed by atoms with Crippen LogP contribution in [0.15, 0.2) is 5.16 Å². The second kappa shape index (κ2) is 8.57. The Kier molecular flexibility index (Phi) is 7.06.